The Bertz CT molecular complexity index is 395. The van der Waals surface area contributed by atoms with Gasteiger partial charge < -0.3 is 16.0 Å². The molecule has 0 radical (unpaired) electrons. The van der Waals surface area contributed by atoms with Crippen LogP contribution in [0.3, 0.4) is 0 Å². The molecule has 0 bridgehead atoms. The van der Waals surface area contributed by atoms with Gasteiger partial charge in [-0.05, 0) is 25.8 Å². The van der Waals surface area contributed by atoms with Crippen LogP contribution in [0.5, 0.6) is 0 Å². The van der Waals surface area contributed by atoms with Crippen LogP contribution in [0.15, 0.2) is 6.20 Å². The van der Waals surface area contributed by atoms with Gasteiger partial charge in [0.25, 0.3) is 5.91 Å². The first kappa shape index (κ1) is 12.9. The summed E-state index contributed by atoms with van der Waals surface area (Å²) < 4.78 is 0. The second-order valence-electron chi connectivity index (χ2n) is 4.79. The molecule has 0 aromatic carbocycles. The molecule has 0 atom stereocenters. The third-order valence-electron chi connectivity index (χ3n) is 3.36. The third-order valence-corrected chi connectivity index (χ3v) is 3.36. The number of rotatable bonds is 4. The first-order valence-corrected chi connectivity index (χ1v) is 6.52. The molecule has 18 heavy (non-hydrogen) atoms. The number of carbonyl (C=O) groups is 1. The van der Waals surface area contributed by atoms with Crippen molar-refractivity contribution in [1.29, 1.82) is 0 Å². The number of nitrogens with one attached hydrogen (secondary N) is 2. The van der Waals surface area contributed by atoms with Gasteiger partial charge >= 0.3 is 0 Å². The van der Waals surface area contributed by atoms with E-state index in [0.717, 1.165) is 32.5 Å². The number of likely N-dealkylation sites (tertiary alicyclic amines) is 1. The van der Waals surface area contributed by atoms with Gasteiger partial charge in [0.05, 0.1) is 11.9 Å². The fraction of sp³-hybridized carbons (Fsp3) is 0.667. The van der Waals surface area contributed by atoms with Crippen LogP contribution in [0.2, 0.25) is 0 Å². The molecule has 1 aromatic heterocycles. The number of piperidine rings is 1. The van der Waals surface area contributed by atoms with Crippen LogP contribution in [-0.2, 0) is 0 Å². The monoisotopic (exact) mass is 251 g/mol. The second kappa shape index (κ2) is 5.86. The summed E-state index contributed by atoms with van der Waals surface area (Å²) in [5, 5.41) is 9.39. The van der Waals surface area contributed by atoms with Crippen molar-refractivity contribution in [3.63, 3.8) is 0 Å². The first-order chi connectivity index (χ1) is 8.70. The lowest BCUT2D eigenvalue weighted by Gasteiger charge is -2.31. The van der Waals surface area contributed by atoms with Crippen LogP contribution in [-0.4, -0.2) is 46.7 Å². The van der Waals surface area contributed by atoms with Crippen molar-refractivity contribution in [2.24, 2.45) is 0 Å². The molecule has 6 nitrogen and oxygen atoms in total. The Morgan fingerprint density at radius 2 is 2.33 bits per heavy atom. The van der Waals surface area contributed by atoms with E-state index in [1.807, 2.05) is 0 Å². The molecule has 0 saturated carbocycles. The molecule has 1 aliphatic heterocycles. The zero-order chi connectivity index (χ0) is 13.0. The Labute approximate surface area is 107 Å². The summed E-state index contributed by atoms with van der Waals surface area (Å²) in [5.41, 5.74) is 6.41. The van der Waals surface area contributed by atoms with Crippen molar-refractivity contribution in [1.82, 2.24) is 20.4 Å². The molecule has 1 amide bonds. The fourth-order valence-electron chi connectivity index (χ4n) is 2.35. The average Bonchev–Trinajstić information content (AvgIpc) is 2.78. The molecule has 2 rings (SSSR count). The van der Waals surface area contributed by atoms with Gasteiger partial charge in [0.1, 0.15) is 5.69 Å². The highest BCUT2D eigenvalue weighted by Gasteiger charge is 2.21. The Hall–Kier alpha value is -1.56. The average molecular weight is 251 g/mol. The van der Waals surface area contributed by atoms with Gasteiger partial charge in [0, 0.05) is 19.1 Å². The summed E-state index contributed by atoms with van der Waals surface area (Å²) in [7, 11) is 0. The highest BCUT2D eigenvalue weighted by molar-refractivity contribution is 5.97. The number of nitrogens with two attached hydrogens (primary N) is 1. The Balaban J connectivity index is 1.81. The normalized spacial score (nSPS) is 17.8. The SMILES string of the molecule is CCCN1CCC(NC(=O)c2[nH]ncc2N)CC1. The molecule has 2 heterocycles. The molecule has 6 heteroatoms. The lowest BCUT2D eigenvalue weighted by atomic mass is 10.0. The number of aromatic nitrogens is 2. The van der Waals surface area contributed by atoms with Crippen molar-refractivity contribution in [3.05, 3.63) is 11.9 Å². The van der Waals surface area contributed by atoms with Crippen molar-refractivity contribution < 1.29 is 4.79 Å². The van der Waals surface area contributed by atoms with E-state index >= 15 is 0 Å². The summed E-state index contributed by atoms with van der Waals surface area (Å²) >= 11 is 0. The summed E-state index contributed by atoms with van der Waals surface area (Å²) in [6, 6.07) is 0.244. The molecule has 100 valence electrons. The Kier molecular flexibility index (Phi) is 4.19. The highest BCUT2D eigenvalue weighted by Crippen LogP contribution is 2.12. The van der Waals surface area contributed by atoms with E-state index < -0.39 is 0 Å². The van der Waals surface area contributed by atoms with Gasteiger partial charge in [-0.1, -0.05) is 6.92 Å². The minimum Gasteiger partial charge on any atom is -0.396 e. The maximum atomic E-state index is 11.9. The summed E-state index contributed by atoms with van der Waals surface area (Å²) in [4.78, 5) is 14.4. The Morgan fingerprint density at radius 3 is 2.89 bits per heavy atom. The first-order valence-electron chi connectivity index (χ1n) is 6.52. The summed E-state index contributed by atoms with van der Waals surface area (Å²) in [5.74, 6) is -0.154. The number of carbonyl (C=O) groups excluding carboxylic acids is 1. The predicted molar refractivity (Wildman–Crippen MR) is 70.2 cm³/mol. The molecule has 1 aromatic rings. The summed E-state index contributed by atoms with van der Waals surface area (Å²) in [6.45, 7) is 5.44. The van der Waals surface area contributed by atoms with Gasteiger partial charge in [-0.15, -0.1) is 0 Å². The number of H-pyrrole nitrogens is 1. The van der Waals surface area contributed by atoms with E-state index in [4.69, 9.17) is 5.73 Å². The van der Waals surface area contributed by atoms with Crippen LogP contribution in [0.1, 0.15) is 36.7 Å². The molecule has 0 spiro atoms. The molecule has 1 fully saturated rings. The number of nitrogen functional groups attached to an aromatic ring is 1. The number of aromatic amines is 1. The lowest BCUT2D eigenvalue weighted by Crippen LogP contribution is -2.45. The van der Waals surface area contributed by atoms with Crippen molar-refractivity contribution in [3.8, 4) is 0 Å². The number of nitrogens with zero attached hydrogens (tertiary/aromatic N) is 2. The number of hydrogen-bond acceptors (Lipinski definition) is 4. The number of hydrogen-bond donors (Lipinski definition) is 3. The van der Waals surface area contributed by atoms with Crippen molar-refractivity contribution >= 4 is 11.6 Å². The van der Waals surface area contributed by atoms with E-state index in [9.17, 15) is 4.79 Å². The van der Waals surface area contributed by atoms with E-state index in [1.54, 1.807) is 0 Å². The largest absolute Gasteiger partial charge is 0.396 e. The van der Waals surface area contributed by atoms with Crippen LogP contribution < -0.4 is 11.1 Å². The van der Waals surface area contributed by atoms with Crippen molar-refractivity contribution in [2.75, 3.05) is 25.4 Å². The molecule has 0 unspecified atom stereocenters. The smallest absolute Gasteiger partial charge is 0.271 e. The van der Waals surface area contributed by atoms with Gasteiger partial charge in [-0.2, -0.15) is 5.10 Å². The fourth-order valence-corrected chi connectivity index (χ4v) is 2.35. The Morgan fingerprint density at radius 1 is 1.61 bits per heavy atom. The minimum absolute atomic E-state index is 0.154. The van der Waals surface area contributed by atoms with Crippen LogP contribution in [0, 0.1) is 0 Å². The van der Waals surface area contributed by atoms with Crippen molar-refractivity contribution in [2.45, 2.75) is 32.2 Å². The maximum absolute atomic E-state index is 11.9. The zero-order valence-electron chi connectivity index (χ0n) is 10.8. The van der Waals surface area contributed by atoms with E-state index in [-0.39, 0.29) is 11.9 Å². The minimum atomic E-state index is -0.154. The second-order valence-corrected chi connectivity index (χ2v) is 4.79. The van der Waals surface area contributed by atoms with Gasteiger partial charge in [-0.25, -0.2) is 0 Å². The molecular formula is C12H21N5O. The van der Waals surface area contributed by atoms with Gasteiger partial charge in [0.2, 0.25) is 0 Å². The standard InChI is InChI=1S/C12H21N5O/c1-2-5-17-6-3-9(4-7-17)15-12(18)11-10(13)8-14-16-11/h8-9H,2-7,13H2,1H3,(H,14,16)(H,15,18). The summed E-state index contributed by atoms with van der Waals surface area (Å²) in [6.07, 6.45) is 4.64. The van der Waals surface area contributed by atoms with E-state index in [1.165, 1.54) is 12.6 Å². The molecule has 0 aliphatic carbocycles. The predicted octanol–water partition coefficient (Wildman–Crippen LogP) is 0.596. The van der Waals surface area contributed by atoms with Crippen LogP contribution in [0.25, 0.3) is 0 Å². The molecule has 4 N–H and O–H groups in total. The molecule has 1 aliphatic rings. The maximum Gasteiger partial charge on any atom is 0.271 e. The molecule has 1 saturated heterocycles. The highest BCUT2D eigenvalue weighted by atomic mass is 16.2. The lowest BCUT2D eigenvalue weighted by molar-refractivity contribution is 0.0907. The topological polar surface area (TPSA) is 87.0 Å². The quantitative estimate of drug-likeness (QED) is 0.731. The van der Waals surface area contributed by atoms with Gasteiger partial charge in [-0.3, -0.25) is 9.89 Å². The zero-order valence-corrected chi connectivity index (χ0v) is 10.8. The van der Waals surface area contributed by atoms with E-state index in [0.29, 0.717) is 11.4 Å². The molecular weight excluding hydrogens is 230 g/mol. The van der Waals surface area contributed by atoms with E-state index in [2.05, 4.69) is 27.3 Å². The van der Waals surface area contributed by atoms with Crippen LogP contribution >= 0.6 is 0 Å². The van der Waals surface area contributed by atoms with Crippen LogP contribution in [0.4, 0.5) is 5.69 Å². The number of amides is 1. The third kappa shape index (κ3) is 3.01. The number of anilines is 1. The van der Waals surface area contributed by atoms with Gasteiger partial charge in [0.15, 0.2) is 0 Å².